The first-order valence-corrected chi connectivity index (χ1v) is 15.5. The van der Waals surface area contributed by atoms with Crippen LogP contribution in [-0.2, 0) is 27.3 Å². The summed E-state index contributed by atoms with van der Waals surface area (Å²) in [6, 6.07) is 10.3. The molecule has 0 unspecified atom stereocenters. The van der Waals surface area contributed by atoms with Crippen LogP contribution in [0.2, 0.25) is 0 Å². The van der Waals surface area contributed by atoms with E-state index in [-0.39, 0.29) is 29.7 Å². The van der Waals surface area contributed by atoms with Gasteiger partial charge in [-0.1, -0.05) is 38.1 Å². The lowest BCUT2D eigenvalue weighted by Crippen LogP contribution is -2.65. The quantitative estimate of drug-likeness (QED) is 0.318. The summed E-state index contributed by atoms with van der Waals surface area (Å²) in [4.78, 5) is 43.6. The lowest BCUT2D eigenvalue weighted by atomic mass is 9.57. The highest BCUT2D eigenvalue weighted by molar-refractivity contribution is 6.24. The minimum Gasteiger partial charge on any atom is -0.508 e. The first-order chi connectivity index (χ1) is 21.2. The highest BCUT2D eigenvalue weighted by atomic mass is 16.3. The van der Waals surface area contributed by atoms with Crippen LogP contribution in [0.4, 0.5) is 0 Å². The van der Waals surface area contributed by atoms with Crippen LogP contribution in [0.1, 0.15) is 49.8 Å². The van der Waals surface area contributed by atoms with Gasteiger partial charge in [0.25, 0.3) is 5.91 Å². The van der Waals surface area contributed by atoms with Gasteiger partial charge in [-0.3, -0.25) is 24.2 Å². The van der Waals surface area contributed by atoms with Crippen LogP contribution >= 0.6 is 0 Å². The van der Waals surface area contributed by atoms with E-state index in [9.17, 15) is 34.8 Å². The number of primary amides is 1. The first kappa shape index (κ1) is 31.0. The summed E-state index contributed by atoms with van der Waals surface area (Å²) in [5.41, 5.74) is 5.71. The summed E-state index contributed by atoms with van der Waals surface area (Å²) >= 11 is 0. The summed E-state index contributed by atoms with van der Waals surface area (Å²) in [7, 11) is 3.17. The fraction of sp³-hybridized carbons (Fsp3) is 0.457. The third-order valence-corrected chi connectivity index (χ3v) is 10.5. The van der Waals surface area contributed by atoms with E-state index < -0.39 is 58.0 Å². The van der Waals surface area contributed by atoms with Crippen molar-refractivity contribution in [3.05, 3.63) is 70.0 Å². The number of aromatic hydroxyl groups is 1. The molecule has 4 aliphatic rings. The number of rotatable bonds is 5. The highest BCUT2D eigenvalue weighted by Gasteiger charge is 2.64. The Balaban J connectivity index is 1.42. The molecular weight excluding hydrogens is 574 g/mol. The molecule has 0 radical (unpaired) electrons. The Morgan fingerprint density at radius 2 is 1.76 bits per heavy atom. The van der Waals surface area contributed by atoms with Gasteiger partial charge in [-0.2, -0.15) is 0 Å². The van der Waals surface area contributed by atoms with Gasteiger partial charge in [0.15, 0.2) is 11.4 Å². The smallest absolute Gasteiger partial charge is 0.255 e. The first-order valence-electron chi connectivity index (χ1n) is 15.5. The Kier molecular flexibility index (Phi) is 7.46. The standard InChI is InChI=1S/C35H41N3O7/c1-34(2)10-12-38(13-11-34)17-18-6-5-7-19(14-18)21-8-9-24(39)26-22(21)15-20-16-23-28(37(3)4)30(41)27(33(36)44)32(43)35(23,45)31(42)25(20)29(26)40/h5-9,14,20,23,28,39-40,43,45H,10-13,15-17H2,1-4H3,(H2,36,44)/t20-,23-,28-,35-/m0/s1. The van der Waals surface area contributed by atoms with Gasteiger partial charge in [0, 0.05) is 18.0 Å². The molecular formula is C35H41N3O7. The van der Waals surface area contributed by atoms with E-state index in [1.54, 1.807) is 20.2 Å². The number of aliphatic hydroxyl groups excluding tert-OH is 2. The molecule has 1 saturated heterocycles. The Morgan fingerprint density at radius 3 is 2.40 bits per heavy atom. The van der Waals surface area contributed by atoms with E-state index in [2.05, 4.69) is 30.9 Å². The second-order valence-corrected chi connectivity index (χ2v) is 14.1. The van der Waals surface area contributed by atoms with E-state index in [1.165, 1.54) is 11.0 Å². The number of phenols is 1. The summed E-state index contributed by atoms with van der Waals surface area (Å²) < 4.78 is 0. The molecule has 3 aliphatic carbocycles. The molecule has 6 rings (SSSR count). The van der Waals surface area contributed by atoms with Crippen LogP contribution in [0, 0.1) is 17.3 Å². The van der Waals surface area contributed by atoms with Crippen LogP contribution in [0.25, 0.3) is 16.9 Å². The van der Waals surface area contributed by atoms with Crippen LogP contribution in [0.3, 0.4) is 0 Å². The number of fused-ring (bicyclic) bond motifs is 3. The maximum absolute atomic E-state index is 14.1. The average molecular weight is 616 g/mol. The molecule has 45 heavy (non-hydrogen) atoms. The molecule has 1 saturated carbocycles. The number of phenolic OH excluding ortho intramolecular Hbond substituents is 1. The van der Waals surface area contributed by atoms with Crippen LogP contribution < -0.4 is 5.73 Å². The fourth-order valence-corrected chi connectivity index (χ4v) is 7.93. The van der Waals surface area contributed by atoms with E-state index in [1.807, 2.05) is 12.1 Å². The third-order valence-electron chi connectivity index (χ3n) is 10.5. The average Bonchev–Trinajstić information content (AvgIpc) is 2.96. The highest BCUT2D eigenvalue weighted by Crippen LogP contribution is 2.53. The minimum absolute atomic E-state index is 0.0478. The zero-order chi connectivity index (χ0) is 32.6. The van der Waals surface area contributed by atoms with Gasteiger partial charge < -0.3 is 26.2 Å². The normalized spacial score (nSPS) is 28.2. The van der Waals surface area contributed by atoms with Crippen molar-refractivity contribution in [3.8, 4) is 16.9 Å². The fourth-order valence-electron chi connectivity index (χ4n) is 7.93. The SMILES string of the molecule is CN(C)[C@@H]1C(=O)C(C(N)=O)=C(O)[C@@]2(O)C(=O)C3=C(O)c4c(O)ccc(-c5cccc(CN6CCC(C)(C)CC6)c5)c4C[C@H]3C[C@@H]12. The topological polar surface area (TPSA) is 165 Å². The Hall–Kier alpha value is -3.99. The number of nitrogens with zero attached hydrogens (tertiary/aromatic N) is 2. The van der Waals surface area contributed by atoms with Gasteiger partial charge in [-0.05, 0) is 98.6 Å². The zero-order valence-corrected chi connectivity index (χ0v) is 26.1. The number of Topliss-reactive ketones (excluding diaryl/α,β-unsaturated/α-hetero) is 2. The summed E-state index contributed by atoms with van der Waals surface area (Å²) in [6.45, 7) is 7.47. The zero-order valence-electron chi connectivity index (χ0n) is 26.1. The molecule has 0 spiro atoms. The monoisotopic (exact) mass is 615 g/mol. The Bertz CT molecular complexity index is 1680. The lowest BCUT2D eigenvalue weighted by Gasteiger charge is -2.50. The van der Waals surface area contributed by atoms with E-state index >= 15 is 0 Å². The summed E-state index contributed by atoms with van der Waals surface area (Å²) in [5, 5.41) is 45.4. The number of likely N-dealkylation sites (tertiary alicyclic amines) is 1. The van der Waals surface area contributed by atoms with Crippen molar-refractivity contribution >= 4 is 23.2 Å². The number of likely N-dealkylation sites (N-methyl/N-ethyl adjacent to an activating group) is 1. The second kappa shape index (κ2) is 10.8. The number of aliphatic hydroxyl groups is 3. The lowest BCUT2D eigenvalue weighted by molar-refractivity contribution is -0.153. The molecule has 1 aliphatic heterocycles. The molecule has 10 heteroatoms. The predicted molar refractivity (Wildman–Crippen MR) is 168 cm³/mol. The molecule has 1 amide bonds. The van der Waals surface area contributed by atoms with Crippen molar-refractivity contribution in [2.75, 3.05) is 27.2 Å². The number of carbonyl (C=O) groups is 3. The number of carbonyl (C=O) groups excluding carboxylic acids is 3. The Morgan fingerprint density at radius 1 is 1.07 bits per heavy atom. The van der Waals surface area contributed by atoms with E-state index in [0.717, 1.165) is 49.2 Å². The number of amides is 1. The van der Waals surface area contributed by atoms with Crippen molar-refractivity contribution in [2.45, 2.75) is 57.7 Å². The molecule has 0 bridgehead atoms. The van der Waals surface area contributed by atoms with Crippen molar-refractivity contribution in [1.82, 2.24) is 9.80 Å². The summed E-state index contributed by atoms with van der Waals surface area (Å²) in [6.07, 6.45) is 2.57. The molecule has 238 valence electrons. The van der Waals surface area contributed by atoms with E-state index in [0.29, 0.717) is 11.0 Å². The molecule has 2 aromatic rings. The van der Waals surface area contributed by atoms with Gasteiger partial charge in [-0.15, -0.1) is 0 Å². The number of piperidine rings is 1. The Labute approximate surface area is 262 Å². The van der Waals surface area contributed by atoms with E-state index in [4.69, 9.17) is 5.73 Å². The number of benzene rings is 2. The van der Waals surface area contributed by atoms with Crippen LogP contribution in [0.5, 0.6) is 5.75 Å². The van der Waals surface area contributed by atoms with Gasteiger partial charge in [0.05, 0.1) is 11.6 Å². The number of nitrogens with two attached hydrogens (primary N) is 1. The maximum atomic E-state index is 14.1. The third kappa shape index (κ3) is 4.86. The van der Waals surface area contributed by atoms with Gasteiger partial charge >= 0.3 is 0 Å². The number of hydrogen-bond donors (Lipinski definition) is 5. The number of hydrogen-bond acceptors (Lipinski definition) is 9. The number of ketones is 2. The van der Waals surface area contributed by atoms with Gasteiger partial charge in [0.1, 0.15) is 22.8 Å². The molecule has 1 heterocycles. The van der Waals surface area contributed by atoms with Gasteiger partial charge in [0.2, 0.25) is 5.78 Å². The van der Waals surface area contributed by atoms with Gasteiger partial charge in [-0.25, -0.2) is 0 Å². The largest absolute Gasteiger partial charge is 0.508 e. The molecule has 6 N–H and O–H groups in total. The van der Waals surface area contributed by atoms with Crippen molar-refractivity contribution in [2.24, 2.45) is 23.0 Å². The van der Waals surface area contributed by atoms with Crippen molar-refractivity contribution in [1.29, 1.82) is 0 Å². The van der Waals surface area contributed by atoms with Crippen molar-refractivity contribution in [3.63, 3.8) is 0 Å². The maximum Gasteiger partial charge on any atom is 0.255 e. The van der Waals surface area contributed by atoms with Crippen LogP contribution in [-0.4, -0.2) is 86.5 Å². The molecule has 2 fully saturated rings. The molecule has 4 atom stereocenters. The van der Waals surface area contributed by atoms with Crippen molar-refractivity contribution < 1.29 is 34.8 Å². The molecule has 0 aromatic heterocycles. The van der Waals surface area contributed by atoms with Crippen LogP contribution in [0.15, 0.2) is 53.3 Å². The molecule has 2 aromatic carbocycles. The predicted octanol–water partition coefficient (Wildman–Crippen LogP) is 3.25. The second-order valence-electron chi connectivity index (χ2n) is 14.1. The minimum atomic E-state index is -2.66. The summed E-state index contributed by atoms with van der Waals surface area (Å²) in [5.74, 6) is -6.60. The molecule has 10 nitrogen and oxygen atoms in total.